The van der Waals surface area contributed by atoms with Gasteiger partial charge in [-0.05, 0) is 43.5 Å². The van der Waals surface area contributed by atoms with Crippen LogP contribution in [0.5, 0.6) is 0 Å². The molecule has 0 fully saturated rings. The normalized spacial score (nSPS) is 14.2. The number of hydrogen-bond donors (Lipinski definition) is 0. The Balaban J connectivity index is 2.91. The van der Waals surface area contributed by atoms with Crippen molar-refractivity contribution in [2.45, 2.75) is 38.2 Å². The van der Waals surface area contributed by atoms with Gasteiger partial charge in [-0.15, -0.1) is 0 Å². The van der Waals surface area contributed by atoms with Gasteiger partial charge in [0.25, 0.3) is 0 Å². The molecule has 1 aromatic carbocycles. The number of alkyl halides is 6. The lowest BCUT2D eigenvalue weighted by atomic mass is 10.0. The number of hydrogen-bond acceptors (Lipinski definition) is 3. The van der Waals surface area contributed by atoms with E-state index in [0.717, 1.165) is 12.1 Å². The van der Waals surface area contributed by atoms with Crippen LogP contribution < -0.4 is 0 Å². The standard InChI is InChI=1S/C14H18F6O3Si/c1-9(23-24(21-2)22-3)4-5-10-6-11(13(15,16)17)8-12(7-10)14(18,19)20/h6-9,24H,4-5H2,1-3H3. The summed E-state index contributed by atoms with van der Waals surface area (Å²) in [7, 11) is 0.487. The maximum atomic E-state index is 12.8. The maximum Gasteiger partial charge on any atom is 0.483 e. The second-order valence-electron chi connectivity index (χ2n) is 5.16. The molecule has 24 heavy (non-hydrogen) atoms. The van der Waals surface area contributed by atoms with E-state index < -0.39 is 39.1 Å². The minimum absolute atomic E-state index is 0.00269. The Morgan fingerprint density at radius 2 is 1.38 bits per heavy atom. The summed E-state index contributed by atoms with van der Waals surface area (Å²) >= 11 is 0. The van der Waals surface area contributed by atoms with Gasteiger partial charge in [-0.3, -0.25) is 0 Å². The van der Waals surface area contributed by atoms with Gasteiger partial charge in [0.2, 0.25) is 0 Å². The molecule has 0 aromatic heterocycles. The van der Waals surface area contributed by atoms with Gasteiger partial charge in [0.05, 0.1) is 11.1 Å². The van der Waals surface area contributed by atoms with Crippen LogP contribution in [-0.4, -0.2) is 29.9 Å². The third-order valence-corrected chi connectivity index (χ3v) is 4.67. The molecule has 3 nitrogen and oxygen atoms in total. The topological polar surface area (TPSA) is 27.7 Å². The van der Waals surface area contributed by atoms with Crippen LogP contribution >= 0.6 is 0 Å². The predicted molar refractivity (Wildman–Crippen MR) is 76.5 cm³/mol. The van der Waals surface area contributed by atoms with Crippen LogP contribution in [0.2, 0.25) is 0 Å². The van der Waals surface area contributed by atoms with Gasteiger partial charge in [-0.2, -0.15) is 26.3 Å². The van der Waals surface area contributed by atoms with Gasteiger partial charge in [-0.1, -0.05) is 0 Å². The van der Waals surface area contributed by atoms with E-state index in [0.29, 0.717) is 0 Å². The van der Waals surface area contributed by atoms with Crippen molar-refractivity contribution >= 4 is 9.53 Å². The van der Waals surface area contributed by atoms with Gasteiger partial charge < -0.3 is 13.3 Å². The third kappa shape index (κ3) is 6.42. The fourth-order valence-corrected chi connectivity index (χ4v) is 2.93. The molecule has 138 valence electrons. The Labute approximate surface area is 137 Å². The first kappa shape index (κ1) is 20.9. The van der Waals surface area contributed by atoms with Crippen molar-refractivity contribution in [2.24, 2.45) is 0 Å². The highest BCUT2D eigenvalue weighted by molar-refractivity contribution is 6.36. The van der Waals surface area contributed by atoms with Crippen LogP contribution in [0.3, 0.4) is 0 Å². The first-order valence-electron chi connectivity index (χ1n) is 6.96. The Morgan fingerprint density at radius 1 is 0.917 bits per heavy atom. The van der Waals surface area contributed by atoms with E-state index >= 15 is 0 Å². The van der Waals surface area contributed by atoms with E-state index in [1.54, 1.807) is 6.92 Å². The molecule has 1 aromatic rings. The van der Waals surface area contributed by atoms with Crippen LogP contribution in [-0.2, 0) is 32.1 Å². The van der Waals surface area contributed by atoms with Crippen molar-refractivity contribution in [3.63, 3.8) is 0 Å². The molecular weight excluding hydrogens is 358 g/mol. The average Bonchev–Trinajstić information content (AvgIpc) is 2.48. The second kappa shape index (κ2) is 8.32. The molecule has 1 rings (SSSR count). The van der Waals surface area contributed by atoms with Crippen molar-refractivity contribution in [1.82, 2.24) is 0 Å². The molecule has 0 N–H and O–H groups in total. The highest BCUT2D eigenvalue weighted by atomic mass is 28.3. The summed E-state index contributed by atoms with van der Waals surface area (Å²) in [6, 6.07) is 1.56. The van der Waals surface area contributed by atoms with Crippen molar-refractivity contribution < 1.29 is 39.6 Å². The van der Waals surface area contributed by atoms with Crippen molar-refractivity contribution in [3.05, 3.63) is 34.9 Å². The van der Waals surface area contributed by atoms with E-state index in [2.05, 4.69) is 0 Å². The Bertz CT molecular complexity index is 496. The molecule has 1 unspecified atom stereocenters. The SMILES string of the molecule is CO[SiH](OC)OC(C)CCc1cc(C(F)(F)F)cc(C(F)(F)F)c1. The molecule has 0 aliphatic carbocycles. The van der Waals surface area contributed by atoms with Gasteiger partial charge in [0.1, 0.15) is 0 Å². The maximum absolute atomic E-state index is 12.8. The molecule has 10 heteroatoms. The Hall–Kier alpha value is -1.10. The first-order valence-corrected chi connectivity index (χ1v) is 8.38. The lowest BCUT2D eigenvalue weighted by Gasteiger charge is -2.19. The van der Waals surface area contributed by atoms with Crippen LogP contribution in [0.25, 0.3) is 0 Å². The second-order valence-corrected chi connectivity index (χ2v) is 6.95. The van der Waals surface area contributed by atoms with Gasteiger partial charge in [0.15, 0.2) is 0 Å². The van der Waals surface area contributed by atoms with Crippen LogP contribution in [0.15, 0.2) is 18.2 Å². The number of aryl methyl sites for hydroxylation is 1. The largest absolute Gasteiger partial charge is 0.483 e. The summed E-state index contributed by atoms with van der Waals surface area (Å²) in [5, 5.41) is 0. The predicted octanol–water partition coefficient (Wildman–Crippen LogP) is 4.07. The summed E-state index contributed by atoms with van der Waals surface area (Å²) < 4.78 is 92.0. The Kier molecular flexibility index (Phi) is 7.26. The van der Waals surface area contributed by atoms with Crippen LogP contribution in [0.4, 0.5) is 26.3 Å². The molecule has 0 saturated carbocycles. The average molecular weight is 376 g/mol. The summed E-state index contributed by atoms with van der Waals surface area (Å²) in [6.45, 7) is 1.65. The van der Waals surface area contributed by atoms with Crippen LogP contribution in [0.1, 0.15) is 30.0 Å². The number of rotatable bonds is 7. The first-order chi connectivity index (χ1) is 11.0. The van der Waals surface area contributed by atoms with Gasteiger partial charge >= 0.3 is 21.9 Å². The molecule has 0 radical (unpaired) electrons. The zero-order chi connectivity index (χ0) is 18.5. The van der Waals surface area contributed by atoms with Gasteiger partial charge in [-0.25, -0.2) is 0 Å². The molecule has 1 atom stereocenters. The summed E-state index contributed by atoms with van der Waals surface area (Å²) in [4.78, 5) is 0. The lowest BCUT2D eigenvalue weighted by molar-refractivity contribution is -0.143. The summed E-state index contributed by atoms with van der Waals surface area (Å²) in [6.07, 6.45) is -9.88. The molecule has 0 saturated heterocycles. The van der Waals surface area contributed by atoms with Crippen molar-refractivity contribution in [2.75, 3.05) is 14.2 Å². The highest BCUT2D eigenvalue weighted by Gasteiger charge is 2.36. The molecule has 0 heterocycles. The fraction of sp³-hybridized carbons (Fsp3) is 0.571. The van der Waals surface area contributed by atoms with E-state index in [1.807, 2.05) is 0 Å². The number of benzene rings is 1. The smallest absolute Gasteiger partial charge is 0.379 e. The highest BCUT2D eigenvalue weighted by Crippen LogP contribution is 2.36. The van der Waals surface area contributed by atoms with E-state index in [-0.39, 0.29) is 24.5 Å². The molecule has 0 aliphatic rings. The van der Waals surface area contributed by atoms with E-state index in [9.17, 15) is 26.3 Å². The molecular formula is C14H18F6O3Si. The summed E-state index contributed by atoms with van der Waals surface area (Å²) in [5.74, 6) is 0. The quantitative estimate of drug-likeness (QED) is 0.530. The Morgan fingerprint density at radius 3 is 1.75 bits per heavy atom. The van der Waals surface area contributed by atoms with Crippen molar-refractivity contribution in [1.29, 1.82) is 0 Å². The van der Waals surface area contributed by atoms with E-state index in [4.69, 9.17) is 13.3 Å². The van der Waals surface area contributed by atoms with Gasteiger partial charge in [0, 0.05) is 20.3 Å². The fourth-order valence-electron chi connectivity index (χ4n) is 2.00. The van der Waals surface area contributed by atoms with Crippen LogP contribution in [0, 0.1) is 0 Å². The molecule has 0 amide bonds. The zero-order valence-corrected chi connectivity index (χ0v) is 14.4. The molecule has 0 aliphatic heterocycles. The molecule has 0 spiro atoms. The van der Waals surface area contributed by atoms with Crippen molar-refractivity contribution in [3.8, 4) is 0 Å². The lowest BCUT2D eigenvalue weighted by Crippen LogP contribution is -2.29. The number of halogens is 6. The molecule has 0 bridgehead atoms. The monoisotopic (exact) mass is 376 g/mol. The minimum Gasteiger partial charge on any atom is -0.379 e. The third-order valence-electron chi connectivity index (χ3n) is 3.22. The minimum atomic E-state index is -4.85. The van der Waals surface area contributed by atoms with E-state index in [1.165, 1.54) is 14.2 Å². The zero-order valence-electron chi connectivity index (χ0n) is 13.3. The summed E-state index contributed by atoms with van der Waals surface area (Å²) in [5.41, 5.74) is -2.69.